The molecule has 4 rings (SSSR count). The minimum Gasteiger partial charge on any atom is -0.308 e. The van der Waals surface area contributed by atoms with E-state index in [1.165, 1.54) is 12.1 Å². The van der Waals surface area contributed by atoms with E-state index < -0.39 is 11.6 Å². The number of hydrogen-bond acceptors (Lipinski definition) is 2. The molecule has 3 nitrogen and oxygen atoms in total. The van der Waals surface area contributed by atoms with Gasteiger partial charge in [-0.1, -0.05) is 24.3 Å². The Kier molecular flexibility index (Phi) is 6.05. The van der Waals surface area contributed by atoms with Crippen LogP contribution in [0, 0.1) is 17.6 Å². The Labute approximate surface area is 169 Å². The Morgan fingerprint density at radius 2 is 1.72 bits per heavy atom. The predicted octanol–water partition coefficient (Wildman–Crippen LogP) is 4.97. The van der Waals surface area contributed by atoms with E-state index in [4.69, 9.17) is 0 Å². The van der Waals surface area contributed by atoms with Gasteiger partial charge in [-0.15, -0.1) is 0 Å². The Balaban J connectivity index is 1.27. The lowest BCUT2D eigenvalue weighted by Gasteiger charge is -2.32. The van der Waals surface area contributed by atoms with Crippen molar-refractivity contribution in [1.29, 1.82) is 0 Å². The van der Waals surface area contributed by atoms with Crippen LogP contribution in [0.1, 0.15) is 31.2 Å². The highest BCUT2D eigenvalue weighted by molar-refractivity contribution is 5.78. The minimum absolute atomic E-state index is 0.0602. The second-order valence-electron chi connectivity index (χ2n) is 7.99. The average molecular weight is 396 g/mol. The van der Waals surface area contributed by atoms with Gasteiger partial charge in [0, 0.05) is 19.2 Å². The fourth-order valence-electron chi connectivity index (χ4n) is 4.34. The van der Waals surface area contributed by atoms with Gasteiger partial charge in [0.2, 0.25) is 0 Å². The van der Waals surface area contributed by atoms with Crippen LogP contribution in [0.3, 0.4) is 0 Å². The molecule has 0 unspecified atom stereocenters. The standard InChI is InChI=1S/C24H26F2N2O/c25-21-9-7-19(16-22(21)26)17-27-14-11-18(12-15-27)4-3-13-28-23-6-2-1-5-20(23)8-10-24(28)29/h1-2,5-10,16,18H,3-4,11-15,17H2. The number of halogens is 2. The van der Waals surface area contributed by atoms with Crippen LogP contribution in [0.4, 0.5) is 8.78 Å². The van der Waals surface area contributed by atoms with E-state index in [-0.39, 0.29) is 5.56 Å². The number of rotatable bonds is 6. The number of aryl methyl sites for hydroxylation is 1. The topological polar surface area (TPSA) is 25.2 Å². The van der Waals surface area contributed by atoms with Crippen molar-refractivity contribution in [1.82, 2.24) is 9.47 Å². The molecule has 0 amide bonds. The lowest BCUT2D eigenvalue weighted by molar-refractivity contribution is 0.170. The lowest BCUT2D eigenvalue weighted by Crippen LogP contribution is -2.33. The first kappa shape index (κ1) is 19.8. The van der Waals surface area contributed by atoms with Crippen LogP contribution in [0.25, 0.3) is 10.9 Å². The van der Waals surface area contributed by atoms with E-state index in [1.807, 2.05) is 34.9 Å². The SMILES string of the molecule is O=c1ccc2ccccc2n1CCCC1CCN(Cc2ccc(F)c(F)c2)CC1. The number of para-hydroxylation sites is 1. The number of fused-ring (bicyclic) bond motifs is 1. The molecule has 0 atom stereocenters. The van der Waals surface area contributed by atoms with Crippen LogP contribution in [-0.4, -0.2) is 22.6 Å². The van der Waals surface area contributed by atoms with Crippen LogP contribution < -0.4 is 5.56 Å². The fraction of sp³-hybridized carbons (Fsp3) is 0.375. The number of nitrogens with zero attached hydrogens (tertiary/aromatic N) is 2. The first-order chi connectivity index (χ1) is 14.1. The van der Waals surface area contributed by atoms with Crippen molar-refractivity contribution in [3.63, 3.8) is 0 Å². The lowest BCUT2D eigenvalue weighted by atomic mass is 9.92. The molecule has 5 heteroatoms. The van der Waals surface area contributed by atoms with Gasteiger partial charge in [0.1, 0.15) is 0 Å². The van der Waals surface area contributed by atoms with Crippen LogP contribution in [0.5, 0.6) is 0 Å². The van der Waals surface area contributed by atoms with E-state index in [1.54, 1.807) is 12.1 Å². The summed E-state index contributed by atoms with van der Waals surface area (Å²) in [6, 6.07) is 15.7. The molecule has 3 aromatic rings. The molecule has 1 aromatic heterocycles. The number of likely N-dealkylation sites (tertiary alicyclic amines) is 1. The molecule has 1 aliphatic rings. The highest BCUT2D eigenvalue weighted by Gasteiger charge is 2.19. The van der Waals surface area contributed by atoms with Crippen LogP contribution in [-0.2, 0) is 13.1 Å². The van der Waals surface area contributed by atoms with Crippen molar-refractivity contribution in [2.45, 2.75) is 38.8 Å². The first-order valence-corrected chi connectivity index (χ1v) is 10.3. The largest absolute Gasteiger partial charge is 0.308 e. The Morgan fingerprint density at radius 1 is 0.931 bits per heavy atom. The maximum absolute atomic E-state index is 13.4. The van der Waals surface area contributed by atoms with Crippen LogP contribution in [0.15, 0.2) is 59.4 Å². The quantitative estimate of drug-likeness (QED) is 0.588. The Hall–Kier alpha value is -2.53. The monoisotopic (exact) mass is 396 g/mol. The van der Waals surface area contributed by atoms with Gasteiger partial charge in [-0.3, -0.25) is 9.69 Å². The molecule has 0 N–H and O–H groups in total. The second-order valence-corrected chi connectivity index (χ2v) is 7.99. The third-order valence-corrected chi connectivity index (χ3v) is 5.99. The Morgan fingerprint density at radius 3 is 2.52 bits per heavy atom. The molecule has 2 heterocycles. The first-order valence-electron chi connectivity index (χ1n) is 10.3. The molecular weight excluding hydrogens is 370 g/mol. The summed E-state index contributed by atoms with van der Waals surface area (Å²) in [5, 5.41) is 1.10. The Bertz CT molecular complexity index is 1040. The number of pyridine rings is 1. The predicted molar refractivity (Wildman–Crippen MR) is 112 cm³/mol. The average Bonchev–Trinajstić information content (AvgIpc) is 2.73. The number of hydrogen-bond donors (Lipinski definition) is 0. The maximum atomic E-state index is 13.4. The van der Waals surface area contributed by atoms with Gasteiger partial charge in [-0.25, -0.2) is 8.78 Å². The van der Waals surface area contributed by atoms with Gasteiger partial charge in [-0.2, -0.15) is 0 Å². The smallest absolute Gasteiger partial charge is 0.251 e. The second kappa shape index (κ2) is 8.87. The third kappa shape index (κ3) is 4.73. The van der Waals surface area contributed by atoms with Crippen molar-refractivity contribution < 1.29 is 8.78 Å². The zero-order valence-corrected chi connectivity index (χ0v) is 16.5. The van der Waals surface area contributed by atoms with Crippen molar-refractivity contribution in [3.8, 4) is 0 Å². The molecule has 0 radical (unpaired) electrons. The van der Waals surface area contributed by atoms with E-state index >= 15 is 0 Å². The zero-order valence-electron chi connectivity index (χ0n) is 16.5. The normalized spacial score (nSPS) is 15.8. The van der Waals surface area contributed by atoms with Gasteiger partial charge in [0.15, 0.2) is 11.6 Å². The summed E-state index contributed by atoms with van der Waals surface area (Å²) in [6.07, 6.45) is 4.30. The number of aromatic nitrogens is 1. The molecule has 1 saturated heterocycles. The zero-order chi connectivity index (χ0) is 20.2. The molecule has 0 bridgehead atoms. The summed E-state index contributed by atoms with van der Waals surface area (Å²) in [5.41, 5.74) is 1.88. The van der Waals surface area contributed by atoms with Gasteiger partial charge in [0.05, 0.1) is 5.52 Å². The van der Waals surface area contributed by atoms with E-state index in [9.17, 15) is 13.6 Å². The van der Waals surface area contributed by atoms with E-state index in [2.05, 4.69) is 4.90 Å². The summed E-state index contributed by atoms with van der Waals surface area (Å²) in [4.78, 5) is 14.6. The molecule has 29 heavy (non-hydrogen) atoms. The van der Waals surface area contributed by atoms with E-state index in [0.717, 1.165) is 61.8 Å². The summed E-state index contributed by atoms with van der Waals surface area (Å²) < 4.78 is 28.3. The number of piperidine rings is 1. The summed E-state index contributed by atoms with van der Waals surface area (Å²) in [5.74, 6) is -0.916. The summed E-state index contributed by atoms with van der Waals surface area (Å²) in [6.45, 7) is 3.35. The highest BCUT2D eigenvalue weighted by Crippen LogP contribution is 2.24. The van der Waals surface area contributed by atoms with Gasteiger partial charge in [-0.05, 0) is 79.9 Å². The van der Waals surface area contributed by atoms with Crippen LogP contribution >= 0.6 is 0 Å². The van der Waals surface area contributed by atoms with Crippen LogP contribution in [0.2, 0.25) is 0 Å². The molecule has 152 valence electrons. The number of benzene rings is 2. The van der Waals surface area contributed by atoms with Crippen molar-refractivity contribution >= 4 is 10.9 Å². The van der Waals surface area contributed by atoms with Gasteiger partial charge < -0.3 is 4.57 Å². The molecular formula is C24H26F2N2O. The molecule has 2 aromatic carbocycles. The summed E-state index contributed by atoms with van der Waals surface area (Å²) >= 11 is 0. The highest BCUT2D eigenvalue weighted by atomic mass is 19.2. The van der Waals surface area contributed by atoms with Gasteiger partial charge in [0.25, 0.3) is 5.56 Å². The molecule has 1 aliphatic heterocycles. The molecule has 0 aliphatic carbocycles. The molecule has 0 saturated carbocycles. The molecule has 0 spiro atoms. The van der Waals surface area contributed by atoms with E-state index in [0.29, 0.717) is 12.5 Å². The van der Waals surface area contributed by atoms with Crippen molar-refractivity contribution in [3.05, 3.63) is 82.1 Å². The van der Waals surface area contributed by atoms with Crippen molar-refractivity contribution in [2.75, 3.05) is 13.1 Å². The third-order valence-electron chi connectivity index (χ3n) is 5.99. The van der Waals surface area contributed by atoms with Crippen molar-refractivity contribution in [2.24, 2.45) is 5.92 Å². The maximum Gasteiger partial charge on any atom is 0.251 e. The molecule has 1 fully saturated rings. The minimum atomic E-state index is -0.794. The van der Waals surface area contributed by atoms with Gasteiger partial charge >= 0.3 is 0 Å². The fourth-order valence-corrected chi connectivity index (χ4v) is 4.34. The summed E-state index contributed by atoms with van der Waals surface area (Å²) in [7, 11) is 0.